The molecule has 1 amide bonds. The van der Waals surface area contributed by atoms with Crippen molar-refractivity contribution in [2.24, 2.45) is 16.3 Å². The molecule has 1 fully saturated rings. The zero-order chi connectivity index (χ0) is 12.8. The van der Waals surface area contributed by atoms with Crippen LogP contribution in [-0.2, 0) is 17.9 Å². The molecule has 0 saturated heterocycles. The first-order valence-electron chi connectivity index (χ1n) is 5.81. The van der Waals surface area contributed by atoms with Gasteiger partial charge in [-0.25, -0.2) is 0 Å². The Kier molecular flexibility index (Phi) is 2.25. The Balaban J connectivity index is 1.80. The molecular weight excluding hydrogens is 236 g/mol. The molecule has 0 atom stereocenters. The van der Waals surface area contributed by atoms with E-state index in [-0.39, 0.29) is 11.7 Å². The van der Waals surface area contributed by atoms with Crippen molar-refractivity contribution < 1.29 is 10.0 Å². The normalized spacial score (nSPS) is 21.6. The van der Waals surface area contributed by atoms with Crippen LogP contribution in [-0.4, -0.2) is 43.2 Å². The number of oxime groups is 1. The third kappa shape index (κ3) is 1.45. The van der Waals surface area contributed by atoms with Crippen LogP contribution in [0.5, 0.6) is 0 Å². The van der Waals surface area contributed by atoms with Gasteiger partial charge in [0.2, 0.25) is 5.91 Å². The molecule has 1 saturated carbocycles. The molecule has 3 N–H and O–H groups in total. The van der Waals surface area contributed by atoms with E-state index in [4.69, 9.17) is 10.9 Å². The molecule has 3 rings (SSSR count). The second-order valence-electron chi connectivity index (χ2n) is 4.73. The summed E-state index contributed by atoms with van der Waals surface area (Å²) in [5.41, 5.74) is 4.83. The van der Waals surface area contributed by atoms with Gasteiger partial charge < -0.3 is 20.4 Å². The summed E-state index contributed by atoms with van der Waals surface area (Å²) < 4.78 is 1.92. The van der Waals surface area contributed by atoms with Crippen LogP contribution in [0.1, 0.15) is 18.7 Å². The van der Waals surface area contributed by atoms with E-state index >= 15 is 0 Å². The van der Waals surface area contributed by atoms with E-state index in [2.05, 4.69) is 15.4 Å². The van der Waals surface area contributed by atoms with Gasteiger partial charge in [-0.15, -0.1) is 10.2 Å². The molecule has 1 aromatic rings. The van der Waals surface area contributed by atoms with E-state index in [1.54, 1.807) is 11.2 Å². The first-order valence-corrected chi connectivity index (χ1v) is 5.81. The topological polar surface area (TPSA) is 110 Å². The Labute approximate surface area is 103 Å². The lowest BCUT2D eigenvalue weighted by molar-refractivity contribution is -0.136. The number of amides is 1. The highest BCUT2D eigenvalue weighted by atomic mass is 16.4. The fraction of sp³-hybridized carbons (Fsp3) is 0.600. The first kappa shape index (κ1) is 11.0. The Bertz CT molecular complexity index is 518. The van der Waals surface area contributed by atoms with Crippen LogP contribution in [0.25, 0.3) is 0 Å². The molecule has 1 aliphatic carbocycles. The monoisotopic (exact) mass is 250 g/mol. The molecule has 96 valence electrons. The number of amidine groups is 1. The fourth-order valence-electron chi connectivity index (χ4n) is 2.34. The smallest absolute Gasteiger partial charge is 0.236 e. The molecule has 18 heavy (non-hydrogen) atoms. The summed E-state index contributed by atoms with van der Waals surface area (Å²) in [6.07, 6.45) is 2.95. The van der Waals surface area contributed by atoms with Gasteiger partial charge in [0.1, 0.15) is 11.7 Å². The highest BCUT2D eigenvalue weighted by molar-refractivity contribution is 6.09. The summed E-state index contributed by atoms with van der Waals surface area (Å²) in [4.78, 5) is 14.1. The van der Waals surface area contributed by atoms with Crippen molar-refractivity contribution in [3.05, 3.63) is 12.2 Å². The average Bonchev–Trinajstić information content (AvgIpc) is 3.08. The van der Waals surface area contributed by atoms with Crippen molar-refractivity contribution in [1.82, 2.24) is 19.7 Å². The number of carbonyl (C=O) groups is 1. The van der Waals surface area contributed by atoms with Crippen LogP contribution >= 0.6 is 0 Å². The van der Waals surface area contributed by atoms with Crippen molar-refractivity contribution in [3.63, 3.8) is 0 Å². The molecule has 0 spiro atoms. The van der Waals surface area contributed by atoms with E-state index in [1.807, 2.05) is 4.57 Å². The Morgan fingerprint density at radius 2 is 2.28 bits per heavy atom. The van der Waals surface area contributed by atoms with Gasteiger partial charge in [0, 0.05) is 13.1 Å². The number of fused-ring (bicyclic) bond motifs is 1. The quantitative estimate of drug-likeness (QED) is 0.307. The van der Waals surface area contributed by atoms with Crippen LogP contribution in [0.4, 0.5) is 0 Å². The lowest BCUT2D eigenvalue weighted by atomic mass is 10.0. The lowest BCUT2D eigenvalue weighted by Gasteiger charge is -2.30. The standard InChI is InChI=1S/C10H14N6O2/c11-8(14-18)10(1-2-10)9(17)15-3-4-16-6-12-13-7(16)5-15/h6,18H,1-5H2,(H2,11,14). The van der Waals surface area contributed by atoms with E-state index in [9.17, 15) is 4.79 Å². The van der Waals surface area contributed by atoms with Crippen molar-refractivity contribution in [2.75, 3.05) is 6.54 Å². The second kappa shape index (κ2) is 3.69. The molecule has 2 aliphatic rings. The molecule has 0 aromatic carbocycles. The van der Waals surface area contributed by atoms with Gasteiger partial charge in [-0.2, -0.15) is 0 Å². The molecule has 0 radical (unpaired) electrons. The van der Waals surface area contributed by atoms with E-state index in [0.29, 0.717) is 32.5 Å². The highest BCUT2D eigenvalue weighted by Gasteiger charge is 2.56. The van der Waals surface area contributed by atoms with Crippen molar-refractivity contribution in [1.29, 1.82) is 0 Å². The number of rotatable bonds is 2. The average molecular weight is 250 g/mol. The second-order valence-corrected chi connectivity index (χ2v) is 4.73. The van der Waals surface area contributed by atoms with Crippen LogP contribution in [0.15, 0.2) is 11.5 Å². The van der Waals surface area contributed by atoms with Crippen LogP contribution in [0, 0.1) is 5.41 Å². The van der Waals surface area contributed by atoms with Gasteiger partial charge in [-0.3, -0.25) is 4.79 Å². The maximum atomic E-state index is 12.4. The van der Waals surface area contributed by atoms with E-state index in [1.165, 1.54) is 0 Å². The minimum atomic E-state index is -0.781. The third-order valence-corrected chi connectivity index (χ3v) is 3.68. The summed E-state index contributed by atoms with van der Waals surface area (Å²) in [6, 6.07) is 0. The Morgan fingerprint density at radius 1 is 1.50 bits per heavy atom. The zero-order valence-electron chi connectivity index (χ0n) is 9.78. The van der Waals surface area contributed by atoms with Crippen LogP contribution < -0.4 is 5.73 Å². The van der Waals surface area contributed by atoms with E-state index in [0.717, 1.165) is 5.82 Å². The number of hydrogen-bond acceptors (Lipinski definition) is 5. The molecule has 1 aliphatic heterocycles. The number of carbonyl (C=O) groups excluding carboxylic acids is 1. The highest BCUT2D eigenvalue weighted by Crippen LogP contribution is 2.47. The molecule has 0 unspecified atom stereocenters. The number of aromatic nitrogens is 3. The van der Waals surface area contributed by atoms with Crippen molar-refractivity contribution in [3.8, 4) is 0 Å². The molecule has 8 nitrogen and oxygen atoms in total. The largest absolute Gasteiger partial charge is 0.409 e. The van der Waals surface area contributed by atoms with Gasteiger partial charge in [0.15, 0.2) is 11.7 Å². The Hall–Kier alpha value is -2.12. The summed E-state index contributed by atoms with van der Waals surface area (Å²) in [5.74, 6) is 0.705. The van der Waals surface area contributed by atoms with Crippen molar-refractivity contribution >= 4 is 11.7 Å². The summed E-state index contributed by atoms with van der Waals surface area (Å²) in [7, 11) is 0. The number of nitrogens with zero attached hydrogens (tertiary/aromatic N) is 5. The molecule has 0 bridgehead atoms. The first-order chi connectivity index (χ1) is 8.67. The predicted octanol–water partition coefficient (Wildman–Crippen LogP) is -0.853. The van der Waals surface area contributed by atoms with Crippen molar-refractivity contribution in [2.45, 2.75) is 25.9 Å². The van der Waals surface area contributed by atoms with Gasteiger partial charge >= 0.3 is 0 Å². The van der Waals surface area contributed by atoms with Crippen LogP contribution in [0.3, 0.4) is 0 Å². The van der Waals surface area contributed by atoms with Gasteiger partial charge in [-0.1, -0.05) is 5.16 Å². The van der Waals surface area contributed by atoms with Gasteiger partial charge in [0.05, 0.1) is 6.54 Å². The van der Waals surface area contributed by atoms with Gasteiger partial charge in [-0.05, 0) is 12.8 Å². The maximum absolute atomic E-state index is 12.4. The summed E-state index contributed by atoms with van der Waals surface area (Å²) in [6.45, 7) is 1.71. The minimum absolute atomic E-state index is 0.0135. The molecule has 8 heteroatoms. The number of nitrogens with two attached hydrogens (primary N) is 1. The zero-order valence-corrected chi connectivity index (χ0v) is 9.78. The van der Waals surface area contributed by atoms with E-state index < -0.39 is 5.41 Å². The molecule has 2 heterocycles. The van der Waals surface area contributed by atoms with Crippen LogP contribution in [0.2, 0.25) is 0 Å². The third-order valence-electron chi connectivity index (χ3n) is 3.68. The summed E-state index contributed by atoms with van der Waals surface area (Å²) >= 11 is 0. The Morgan fingerprint density at radius 3 is 2.94 bits per heavy atom. The maximum Gasteiger partial charge on any atom is 0.236 e. The number of hydrogen-bond donors (Lipinski definition) is 2. The SMILES string of the molecule is NC(=NO)C1(C(=O)N2CCn3cnnc3C2)CC1. The summed E-state index contributed by atoms with van der Waals surface area (Å²) in [5, 5.41) is 19.5. The minimum Gasteiger partial charge on any atom is -0.409 e. The lowest BCUT2D eigenvalue weighted by Crippen LogP contribution is -2.46. The van der Waals surface area contributed by atoms with Gasteiger partial charge in [0.25, 0.3) is 0 Å². The molecular formula is C10H14N6O2. The fourth-order valence-corrected chi connectivity index (χ4v) is 2.34. The molecule has 1 aromatic heterocycles. The predicted molar refractivity (Wildman–Crippen MR) is 60.5 cm³/mol.